The van der Waals surface area contributed by atoms with Crippen molar-refractivity contribution >= 4 is 32.3 Å². The average Bonchev–Trinajstić information content (AvgIpc) is 3.08. The maximum Gasteiger partial charge on any atom is -0.00235 e. The first-order valence-corrected chi connectivity index (χ1v) is 15.4. The highest BCUT2D eigenvalue weighted by Crippen LogP contribution is 2.45. The minimum Gasteiger partial charge on any atom is -0.0620 e. The Labute approximate surface area is 258 Å². The third-order valence-corrected chi connectivity index (χ3v) is 9.23. The lowest BCUT2D eigenvalue weighted by atomic mass is 9.83. The Bertz CT molecular complexity index is 2280. The largest absolute Gasteiger partial charge is 0.0620 e. The lowest BCUT2D eigenvalue weighted by Gasteiger charge is -2.20. The van der Waals surface area contributed by atoms with Gasteiger partial charge in [-0.15, -0.1) is 0 Å². The summed E-state index contributed by atoms with van der Waals surface area (Å²) in [7, 11) is 0. The smallest absolute Gasteiger partial charge is 0.00235 e. The van der Waals surface area contributed by atoms with Crippen molar-refractivity contribution in [1.82, 2.24) is 0 Å². The summed E-state index contributed by atoms with van der Waals surface area (Å²) in [6, 6.07) is 57.7. The second-order valence-electron chi connectivity index (χ2n) is 11.8. The molecule has 8 aromatic rings. The predicted octanol–water partition coefficient (Wildman–Crippen LogP) is 12.4. The normalized spacial score (nSPS) is 11.4. The number of rotatable bonds is 4. The van der Waals surface area contributed by atoms with Crippen molar-refractivity contribution in [2.75, 3.05) is 0 Å². The van der Waals surface area contributed by atoms with Crippen LogP contribution in [0.25, 0.3) is 76.8 Å². The van der Waals surface area contributed by atoms with Crippen LogP contribution in [0.2, 0.25) is 0 Å². The van der Waals surface area contributed by atoms with Crippen molar-refractivity contribution in [2.24, 2.45) is 0 Å². The Hall–Kier alpha value is -5.46. The van der Waals surface area contributed by atoms with Gasteiger partial charge in [-0.3, -0.25) is 0 Å². The molecule has 0 atom stereocenters. The third kappa shape index (κ3) is 4.31. The molecule has 8 rings (SSSR count). The molecular formula is C44H32. The van der Waals surface area contributed by atoms with Crippen LogP contribution in [0.1, 0.15) is 11.1 Å². The fraction of sp³-hybridized carbons (Fsp3) is 0.0455. The summed E-state index contributed by atoms with van der Waals surface area (Å²) in [6.07, 6.45) is 0. The van der Waals surface area contributed by atoms with Gasteiger partial charge in [0.15, 0.2) is 0 Å². The van der Waals surface area contributed by atoms with Crippen molar-refractivity contribution in [3.63, 3.8) is 0 Å². The number of fused-ring (bicyclic) bond motifs is 3. The van der Waals surface area contributed by atoms with E-state index in [-0.39, 0.29) is 0 Å². The van der Waals surface area contributed by atoms with E-state index in [1.54, 1.807) is 0 Å². The Morgan fingerprint density at radius 2 is 0.818 bits per heavy atom. The molecule has 208 valence electrons. The Kier molecular flexibility index (Phi) is 6.35. The van der Waals surface area contributed by atoms with Gasteiger partial charge in [0.1, 0.15) is 0 Å². The quantitative estimate of drug-likeness (QED) is 0.188. The third-order valence-electron chi connectivity index (χ3n) is 9.23. The highest BCUT2D eigenvalue weighted by molar-refractivity contribution is 6.21. The van der Waals surface area contributed by atoms with Crippen molar-refractivity contribution in [3.8, 4) is 44.5 Å². The highest BCUT2D eigenvalue weighted by Gasteiger charge is 2.19. The minimum absolute atomic E-state index is 1.23. The van der Waals surface area contributed by atoms with Gasteiger partial charge in [-0.2, -0.15) is 0 Å². The molecule has 0 heterocycles. The first-order chi connectivity index (χ1) is 21.7. The maximum absolute atomic E-state index is 2.30. The van der Waals surface area contributed by atoms with E-state index in [1.165, 1.54) is 88.0 Å². The molecule has 0 aliphatic heterocycles. The molecule has 0 nitrogen and oxygen atoms in total. The standard InChI is InChI=1S/C44H32/c1-29-12-3-6-15-36(29)37-20-11-21-38(30(37)2)44-41-18-9-7-16-39(41)43(40-17-8-10-19-42(40)44)33-25-22-32(23-26-33)35-27-24-31-13-4-5-14-34(31)28-35/h3-28H,1-2H3. The Morgan fingerprint density at radius 1 is 0.318 bits per heavy atom. The molecule has 44 heavy (non-hydrogen) atoms. The summed E-state index contributed by atoms with van der Waals surface area (Å²) < 4.78 is 0. The minimum atomic E-state index is 1.23. The zero-order valence-electron chi connectivity index (χ0n) is 25.0. The predicted molar refractivity (Wildman–Crippen MR) is 190 cm³/mol. The molecule has 0 aromatic heterocycles. The van der Waals surface area contributed by atoms with E-state index >= 15 is 0 Å². The van der Waals surface area contributed by atoms with Gasteiger partial charge in [0.05, 0.1) is 0 Å². The first kappa shape index (κ1) is 26.2. The van der Waals surface area contributed by atoms with Crippen molar-refractivity contribution in [1.29, 1.82) is 0 Å². The zero-order chi connectivity index (χ0) is 29.6. The molecule has 0 saturated carbocycles. The van der Waals surface area contributed by atoms with Crippen LogP contribution in [-0.4, -0.2) is 0 Å². The van der Waals surface area contributed by atoms with Crippen molar-refractivity contribution < 1.29 is 0 Å². The number of aryl methyl sites for hydroxylation is 1. The van der Waals surface area contributed by atoms with Gasteiger partial charge in [-0.1, -0.05) is 152 Å². The van der Waals surface area contributed by atoms with Gasteiger partial charge in [0.2, 0.25) is 0 Å². The van der Waals surface area contributed by atoms with Crippen LogP contribution in [-0.2, 0) is 0 Å². The van der Waals surface area contributed by atoms with E-state index in [2.05, 4.69) is 172 Å². The van der Waals surface area contributed by atoms with E-state index in [9.17, 15) is 0 Å². The zero-order valence-corrected chi connectivity index (χ0v) is 25.0. The van der Waals surface area contributed by atoms with Gasteiger partial charge < -0.3 is 0 Å². The van der Waals surface area contributed by atoms with Crippen molar-refractivity contribution in [2.45, 2.75) is 13.8 Å². The SMILES string of the molecule is Cc1ccccc1-c1cccc(-c2c3ccccc3c(-c3ccc(-c4ccc5ccccc5c4)cc3)c3ccccc23)c1C. The number of hydrogen-bond donors (Lipinski definition) is 0. The van der Waals surface area contributed by atoms with Crippen LogP contribution in [0.4, 0.5) is 0 Å². The molecule has 0 aliphatic carbocycles. The molecule has 0 fully saturated rings. The molecule has 8 aromatic carbocycles. The second kappa shape index (κ2) is 10.7. The van der Waals surface area contributed by atoms with E-state index in [4.69, 9.17) is 0 Å². The summed E-state index contributed by atoms with van der Waals surface area (Å²) in [5.74, 6) is 0. The molecule has 0 unspecified atom stereocenters. The molecule has 0 saturated heterocycles. The molecule has 0 spiro atoms. The van der Waals surface area contributed by atoms with Crippen molar-refractivity contribution in [3.05, 3.63) is 169 Å². The summed E-state index contributed by atoms with van der Waals surface area (Å²) in [5.41, 5.74) is 12.8. The summed E-state index contributed by atoms with van der Waals surface area (Å²) >= 11 is 0. The van der Waals surface area contributed by atoms with E-state index < -0.39 is 0 Å². The number of hydrogen-bond acceptors (Lipinski definition) is 0. The Balaban J connectivity index is 1.33. The van der Waals surface area contributed by atoms with Crippen LogP contribution in [0.5, 0.6) is 0 Å². The second-order valence-corrected chi connectivity index (χ2v) is 11.8. The molecule has 0 radical (unpaired) electrons. The van der Waals surface area contributed by atoms with E-state index in [0.29, 0.717) is 0 Å². The summed E-state index contributed by atoms with van der Waals surface area (Å²) in [6.45, 7) is 4.48. The van der Waals surface area contributed by atoms with E-state index in [0.717, 1.165) is 0 Å². The van der Waals surface area contributed by atoms with Crippen LogP contribution < -0.4 is 0 Å². The first-order valence-electron chi connectivity index (χ1n) is 15.4. The summed E-state index contributed by atoms with van der Waals surface area (Å²) in [4.78, 5) is 0. The monoisotopic (exact) mass is 560 g/mol. The Morgan fingerprint density at radius 3 is 1.50 bits per heavy atom. The highest BCUT2D eigenvalue weighted by atomic mass is 14.2. The maximum atomic E-state index is 2.30. The topological polar surface area (TPSA) is 0 Å². The van der Waals surface area contributed by atoms with Crippen LogP contribution in [0, 0.1) is 13.8 Å². The molecular weight excluding hydrogens is 528 g/mol. The van der Waals surface area contributed by atoms with Gasteiger partial charge in [0, 0.05) is 0 Å². The molecule has 0 bridgehead atoms. The van der Waals surface area contributed by atoms with Crippen LogP contribution in [0.15, 0.2) is 158 Å². The molecule has 0 aliphatic rings. The van der Waals surface area contributed by atoms with Gasteiger partial charge in [-0.25, -0.2) is 0 Å². The summed E-state index contributed by atoms with van der Waals surface area (Å²) in [5, 5.41) is 7.66. The van der Waals surface area contributed by atoms with E-state index in [1.807, 2.05) is 0 Å². The van der Waals surface area contributed by atoms with Gasteiger partial charge in [-0.05, 0) is 108 Å². The lowest BCUT2D eigenvalue weighted by molar-refractivity contribution is 1.41. The van der Waals surface area contributed by atoms with Crippen LogP contribution >= 0.6 is 0 Å². The fourth-order valence-electron chi connectivity index (χ4n) is 7.00. The fourth-order valence-corrected chi connectivity index (χ4v) is 7.00. The molecule has 0 amide bonds. The van der Waals surface area contributed by atoms with Gasteiger partial charge >= 0.3 is 0 Å². The number of benzene rings is 8. The molecule has 0 N–H and O–H groups in total. The molecule has 0 heteroatoms. The van der Waals surface area contributed by atoms with Gasteiger partial charge in [0.25, 0.3) is 0 Å². The average molecular weight is 561 g/mol. The van der Waals surface area contributed by atoms with Crippen LogP contribution in [0.3, 0.4) is 0 Å². The lowest BCUT2D eigenvalue weighted by Crippen LogP contribution is -1.94.